The Labute approximate surface area is 167 Å². The van der Waals surface area contributed by atoms with Crippen molar-refractivity contribution < 1.29 is 19.1 Å². The van der Waals surface area contributed by atoms with Gasteiger partial charge in [0.1, 0.15) is 6.61 Å². The van der Waals surface area contributed by atoms with Gasteiger partial charge in [-0.3, -0.25) is 9.59 Å². The molecule has 0 aliphatic heterocycles. The fourth-order valence-corrected chi connectivity index (χ4v) is 2.86. The van der Waals surface area contributed by atoms with Crippen molar-refractivity contribution in [1.29, 1.82) is 0 Å². The Morgan fingerprint density at radius 3 is 2.00 bits per heavy atom. The summed E-state index contributed by atoms with van der Waals surface area (Å²) >= 11 is 0. The quantitative estimate of drug-likeness (QED) is 0.406. The van der Waals surface area contributed by atoms with Crippen molar-refractivity contribution in [2.24, 2.45) is 16.7 Å². The van der Waals surface area contributed by atoms with Gasteiger partial charge in [0.05, 0.1) is 17.4 Å². The number of carbonyl (C=O) groups excluding carboxylic acids is 2. The van der Waals surface area contributed by atoms with Crippen molar-refractivity contribution in [3.05, 3.63) is 0 Å². The van der Waals surface area contributed by atoms with Gasteiger partial charge in [0.25, 0.3) is 0 Å². The maximum atomic E-state index is 12.4. The number of carbonyl (C=O) groups is 2. The summed E-state index contributed by atoms with van der Waals surface area (Å²) in [6, 6.07) is 0. The van der Waals surface area contributed by atoms with Gasteiger partial charge in [-0.1, -0.05) is 41.0 Å². The normalized spacial score (nSPS) is 14.3. The van der Waals surface area contributed by atoms with Crippen LogP contribution < -0.4 is 0 Å². The molecule has 5 heteroatoms. The van der Waals surface area contributed by atoms with Crippen LogP contribution in [0.15, 0.2) is 0 Å². The predicted octanol–water partition coefficient (Wildman–Crippen LogP) is 4.68. The summed E-state index contributed by atoms with van der Waals surface area (Å²) < 4.78 is 10.9. The number of ether oxygens (including phenoxy) is 2. The van der Waals surface area contributed by atoms with E-state index in [9.17, 15) is 9.59 Å². The molecule has 0 aromatic rings. The van der Waals surface area contributed by atoms with E-state index in [2.05, 4.69) is 18.7 Å². The number of hydrogen-bond acceptors (Lipinski definition) is 5. The standard InChI is InChI=1S/C22H43NO4/c1-9-22(8,20(25)27-17-18(4)5)14-12-13-21(6,7)19(24)26-16-15-23(10-2)11-3/h18H,9-17H2,1-8H3. The first-order valence-electron chi connectivity index (χ1n) is 10.6. The largest absolute Gasteiger partial charge is 0.465 e. The molecule has 0 aliphatic carbocycles. The minimum Gasteiger partial charge on any atom is -0.465 e. The van der Waals surface area contributed by atoms with Crippen molar-refractivity contribution >= 4 is 11.9 Å². The topological polar surface area (TPSA) is 55.8 Å². The van der Waals surface area contributed by atoms with Crippen molar-refractivity contribution in [2.45, 2.75) is 81.1 Å². The average Bonchev–Trinajstić information content (AvgIpc) is 2.62. The Hall–Kier alpha value is -1.10. The number of rotatable bonds is 14. The summed E-state index contributed by atoms with van der Waals surface area (Å²) in [5, 5.41) is 0. The Kier molecular flexibility index (Phi) is 11.9. The van der Waals surface area contributed by atoms with Gasteiger partial charge < -0.3 is 14.4 Å². The first kappa shape index (κ1) is 25.9. The van der Waals surface area contributed by atoms with E-state index >= 15 is 0 Å². The maximum absolute atomic E-state index is 12.4. The van der Waals surface area contributed by atoms with Crippen molar-refractivity contribution in [3.8, 4) is 0 Å². The molecule has 0 aromatic carbocycles. The average molecular weight is 386 g/mol. The Morgan fingerprint density at radius 1 is 0.926 bits per heavy atom. The predicted molar refractivity (Wildman–Crippen MR) is 111 cm³/mol. The fourth-order valence-electron chi connectivity index (χ4n) is 2.86. The molecule has 0 fully saturated rings. The maximum Gasteiger partial charge on any atom is 0.311 e. The van der Waals surface area contributed by atoms with Gasteiger partial charge >= 0.3 is 11.9 Å². The first-order chi connectivity index (χ1) is 12.5. The molecule has 0 N–H and O–H groups in total. The molecule has 0 aliphatic rings. The van der Waals surface area contributed by atoms with Crippen LogP contribution in [-0.2, 0) is 19.1 Å². The van der Waals surface area contributed by atoms with Gasteiger partial charge in [0.2, 0.25) is 0 Å². The van der Waals surface area contributed by atoms with Crippen LogP contribution >= 0.6 is 0 Å². The van der Waals surface area contributed by atoms with E-state index in [0.29, 0.717) is 25.6 Å². The number of hydrogen-bond donors (Lipinski definition) is 0. The first-order valence-corrected chi connectivity index (χ1v) is 10.6. The lowest BCUT2D eigenvalue weighted by Crippen LogP contribution is -2.33. The van der Waals surface area contributed by atoms with Crippen LogP contribution in [-0.4, -0.2) is 49.7 Å². The van der Waals surface area contributed by atoms with Crippen LogP contribution in [0.5, 0.6) is 0 Å². The van der Waals surface area contributed by atoms with Crippen molar-refractivity contribution in [3.63, 3.8) is 0 Å². The summed E-state index contributed by atoms with van der Waals surface area (Å²) in [4.78, 5) is 27.1. The highest BCUT2D eigenvalue weighted by Crippen LogP contribution is 2.33. The number of esters is 2. The number of nitrogens with zero attached hydrogens (tertiary/aromatic N) is 1. The molecule has 0 radical (unpaired) electrons. The van der Waals surface area contributed by atoms with Crippen molar-refractivity contribution in [1.82, 2.24) is 4.90 Å². The third-order valence-corrected chi connectivity index (χ3v) is 5.44. The van der Waals surface area contributed by atoms with Crippen LogP contribution in [0.2, 0.25) is 0 Å². The van der Waals surface area contributed by atoms with Gasteiger partial charge in [0.15, 0.2) is 0 Å². The fraction of sp³-hybridized carbons (Fsp3) is 0.909. The molecule has 160 valence electrons. The summed E-state index contributed by atoms with van der Waals surface area (Å²) in [7, 11) is 0. The molecule has 5 nitrogen and oxygen atoms in total. The molecular formula is C22H43NO4. The minimum atomic E-state index is -0.542. The van der Waals surface area contributed by atoms with E-state index in [4.69, 9.17) is 9.47 Å². The van der Waals surface area contributed by atoms with Gasteiger partial charge in [-0.2, -0.15) is 0 Å². The van der Waals surface area contributed by atoms with E-state index in [1.807, 2.05) is 41.5 Å². The number of likely N-dealkylation sites (N-methyl/N-ethyl adjacent to an activating group) is 1. The smallest absolute Gasteiger partial charge is 0.311 e. The monoisotopic (exact) mass is 385 g/mol. The van der Waals surface area contributed by atoms with Crippen LogP contribution in [0, 0.1) is 16.7 Å². The van der Waals surface area contributed by atoms with Crippen LogP contribution in [0.25, 0.3) is 0 Å². The van der Waals surface area contributed by atoms with E-state index < -0.39 is 10.8 Å². The highest BCUT2D eigenvalue weighted by atomic mass is 16.5. The zero-order valence-electron chi connectivity index (χ0n) is 19.0. The van der Waals surface area contributed by atoms with Gasteiger partial charge in [0, 0.05) is 6.54 Å². The molecule has 0 spiro atoms. The summed E-state index contributed by atoms with van der Waals surface area (Å²) in [6.45, 7) is 19.7. The second kappa shape index (κ2) is 12.4. The molecule has 1 atom stereocenters. The minimum absolute atomic E-state index is 0.127. The summed E-state index contributed by atoms with van der Waals surface area (Å²) in [6.07, 6.45) is 2.94. The SMILES string of the molecule is CCN(CC)CCOC(=O)C(C)(C)CCCC(C)(CC)C(=O)OCC(C)C. The third-order valence-electron chi connectivity index (χ3n) is 5.44. The molecule has 0 saturated carbocycles. The highest BCUT2D eigenvalue weighted by molar-refractivity contribution is 5.77. The second-order valence-electron chi connectivity index (χ2n) is 8.81. The second-order valence-corrected chi connectivity index (χ2v) is 8.81. The zero-order valence-corrected chi connectivity index (χ0v) is 19.0. The van der Waals surface area contributed by atoms with E-state index in [0.717, 1.165) is 38.9 Å². The molecule has 0 aromatic heterocycles. The van der Waals surface area contributed by atoms with Crippen molar-refractivity contribution in [2.75, 3.05) is 32.8 Å². The van der Waals surface area contributed by atoms with Crippen LogP contribution in [0.3, 0.4) is 0 Å². The molecule has 0 rings (SSSR count). The lowest BCUT2D eigenvalue weighted by Gasteiger charge is -2.29. The van der Waals surface area contributed by atoms with Crippen LogP contribution in [0.1, 0.15) is 81.1 Å². The third kappa shape index (κ3) is 9.59. The Balaban J connectivity index is 4.47. The Morgan fingerprint density at radius 2 is 1.52 bits per heavy atom. The van der Waals surface area contributed by atoms with Gasteiger partial charge in [-0.05, 0) is 59.0 Å². The molecule has 0 heterocycles. The van der Waals surface area contributed by atoms with E-state index in [1.165, 1.54) is 0 Å². The molecule has 1 unspecified atom stereocenters. The van der Waals surface area contributed by atoms with Gasteiger partial charge in [-0.15, -0.1) is 0 Å². The van der Waals surface area contributed by atoms with E-state index in [-0.39, 0.29) is 11.9 Å². The molecule has 27 heavy (non-hydrogen) atoms. The summed E-state index contributed by atoms with van der Waals surface area (Å²) in [5.74, 6) is 0.0497. The van der Waals surface area contributed by atoms with E-state index in [1.54, 1.807) is 0 Å². The Bertz CT molecular complexity index is 444. The molecule has 0 bridgehead atoms. The molecule has 0 amide bonds. The van der Waals surface area contributed by atoms with Crippen LogP contribution in [0.4, 0.5) is 0 Å². The highest BCUT2D eigenvalue weighted by Gasteiger charge is 2.35. The zero-order chi connectivity index (χ0) is 21.1. The van der Waals surface area contributed by atoms with Gasteiger partial charge in [-0.25, -0.2) is 0 Å². The lowest BCUT2D eigenvalue weighted by atomic mass is 9.79. The molecule has 0 saturated heterocycles. The lowest BCUT2D eigenvalue weighted by molar-refractivity contribution is -0.157. The molecular weight excluding hydrogens is 342 g/mol. The summed E-state index contributed by atoms with van der Waals surface area (Å²) in [5.41, 5.74) is -1.03.